The van der Waals surface area contributed by atoms with Crippen LogP contribution >= 0.6 is 0 Å². The molecule has 1 aliphatic heterocycles. The third kappa shape index (κ3) is 3.44. The van der Waals surface area contributed by atoms with E-state index < -0.39 is 0 Å². The van der Waals surface area contributed by atoms with Gasteiger partial charge < -0.3 is 10.5 Å². The normalized spacial score (nSPS) is 21.2. The van der Waals surface area contributed by atoms with Crippen LogP contribution < -0.4 is 5.73 Å². The van der Waals surface area contributed by atoms with Gasteiger partial charge in [0.2, 0.25) is 0 Å². The van der Waals surface area contributed by atoms with Gasteiger partial charge in [-0.05, 0) is 38.8 Å². The van der Waals surface area contributed by atoms with Gasteiger partial charge in [0.15, 0.2) is 0 Å². The highest BCUT2D eigenvalue weighted by Crippen LogP contribution is 2.26. The molecule has 90 valence electrons. The van der Waals surface area contributed by atoms with Gasteiger partial charge in [0, 0.05) is 25.3 Å². The Kier molecular flexibility index (Phi) is 5.03. The van der Waals surface area contributed by atoms with E-state index in [0.717, 1.165) is 45.1 Å². The Bertz CT molecular complexity index is 176. The zero-order valence-corrected chi connectivity index (χ0v) is 10.5. The molecule has 0 spiro atoms. The van der Waals surface area contributed by atoms with E-state index in [1.807, 2.05) is 0 Å². The van der Waals surface area contributed by atoms with Crippen molar-refractivity contribution in [2.45, 2.75) is 38.6 Å². The van der Waals surface area contributed by atoms with Gasteiger partial charge >= 0.3 is 0 Å². The molecule has 1 rings (SSSR count). The molecular weight excluding hydrogens is 188 g/mol. The fraction of sp³-hybridized carbons (Fsp3) is 1.00. The van der Waals surface area contributed by atoms with E-state index in [2.05, 4.69) is 25.8 Å². The van der Waals surface area contributed by atoms with E-state index in [0.29, 0.717) is 0 Å². The highest BCUT2D eigenvalue weighted by Gasteiger charge is 2.34. The number of likely N-dealkylation sites (N-methyl/N-ethyl adjacent to an activating group) is 1. The molecule has 0 aliphatic carbocycles. The predicted molar refractivity (Wildman–Crippen MR) is 63.9 cm³/mol. The van der Waals surface area contributed by atoms with Crippen LogP contribution in [0.5, 0.6) is 0 Å². The van der Waals surface area contributed by atoms with Crippen LogP contribution in [0.2, 0.25) is 0 Å². The monoisotopic (exact) mass is 214 g/mol. The molecule has 0 amide bonds. The number of ether oxygens (including phenoxy) is 1. The minimum atomic E-state index is 0.202. The number of hydrogen-bond donors (Lipinski definition) is 1. The second-order valence-electron chi connectivity index (χ2n) is 5.14. The molecule has 0 aromatic carbocycles. The number of nitrogens with zero attached hydrogens (tertiary/aromatic N) is 1. The minimum absolute atomic E-state index is 0.202. The van der Waals surface area contributed by atoms with Crippen molar-refractivity contribution < 1.29 is 4.74 Å². The molecule has 0 aromatic heterocycles. The first-order chi connectivity index (χ1) is 7.10. The Balaban J connectivity index is 2.48. The first-order valence-electron chi connectivity index (χ1n) is 6.10. The lowest BCUT2D eigenvalue weighted by molar-refractivity contribution is -0.0143. The van der Waals surface area contributed by atoms with Crippen molar-refractivity contribution in [2.75, 3.05) is 33.4 Å². The molecule has 3 heteroatoms. The van der Waals surface area contributed by atoms with E-state index in [9.17, 15) is 0 Å². The third-order valence-electron chi connectivity index (χ3n) is 3.66. The summed E-state index contributed by atoms with van der Waals surface area (Å²) in [7, 11) is 2.21. The molecule has 0 aromatic rings. The van der Waals surface area contributed by atoms with Crippen LogP contribution in [-0.2, 0) is 4.74 Å². The first-order valence-corrected chi connectivity index (χ1v) is 6.10. The van der Waals surface area contributed by atoms with Crippen molar-refractivity contribution in [2.24, 2.45) is 11.7 Å². The Morgan fingerprint density at radius 2 is 1.93 bits per heavy atom. The largest absolute Gasteiger partial charge is 0.381 e. The molecule has 0 saturated carbocycles. The summed E-state index contributed by atoms with van der Waals surface area (Å²) in [4.78, 5) is 2.45. The fourth-order valence-corrected chi connectivity index (χ4v) is 2.18. The van der Waals surface area contributed by atoms with Crippen molar-refractivity contribution >= 4 is 0 Å². The zero-order valence-electron chi connectivity index (χ0n) is 10.5. The van der Waals surface area contributed by atoms with Gasteiger partial charge in [-0.2, -0.15) is 0 Å². The van der Waals surface area contributed by atoms with Crippen LogP contribution in [0.4, 0.5) is 0 Å². The lowest BCUT2D eigenvalue weighted by Crippen LogP contribution is -2.55. The topological polar surface area (TPSA) is 38.5 Å². The van der Waals surface area contributed by atoms with Crippen molar-refractivity contribution in [1.82, 2.24) is 4.90 Å². The summed E-state index contributed by atoms with van der Waals surface area (Å²) in [6.07, 6.45) is 3.41. The second kappa shape index (κ2) is 5.83. The highest BCUT2D eigenvalue weighted by atomic mass is 16.5. The summed E-state index contributed by atoms with van der Waals surface area (Å²) >= 11 is 0. The highest BCUT2D eigenvalue weighted by molar-refractivity contribution is 4.92. The molecule has 1 saturated heterocycles. The standard InChI is InChI=1S/C12H26N2O/c1-11(2)4-7-14(3)12(10-13)5-8-15-9-6-12/h11H,4-10,13H2,1-3H3. The summed E-state index contributed by atoms with van der Waals surface area (Å²) in [5.74, 6) is 0.766. The quantitative estimate of drug-likeness (QED) is 0.753. The van der Waals surface area contributed by atoms with Crippen LogP contribution in [0.25, 0.3) is 0 Å². The predicted octanol–water partition coefficient (Wildman–Crippen LogP) is 1.47. The van der Waals surface area contributed by atoms with E-state index in [1.165, 1.54) is 6.42 Å². The van der Waals surface area contributed by atoms with E-state index in [4.69, 9.17) is 10.5 Å². The van der Waals surface area contributed by atoms with E-state index >= 15 is 0 Å². The number of rotatable bonds is 5. The Morgan fingerprint density at radius 1 is 1.33 bits per heavy atom. The van der Waals surface area contributed by atoms with Crippen LogP contribution in [-0.4, -0.2) is 43.8 Å². The van der Waals surface area contributed by atoms with Crippen molar-refractivity contribution in [1.29, 1.82) is 0 Å². The Labute approximate surface area is 94.0 Å². The van der Waals surface area contributed by atoms with Crippen molar-refractivity contribution in [3.63, 3.8) is 0 Å². The molecule has 0 radical (unpaired) electrons. The fourth-order valence-electron chi connectivity index (χ4n) is 2.18. The summed E-state index contributed by atoms with van der Waals surface area (Å²) in [6, 6.07) is 0. The van der Waals surface area contributed by atoms with Gasteiger partial charge in [-0.3, -0.25) is 4.90 Å². The maximum Gasteiger partial charge on any atom is 0.0484 e. The lowest BCUT2D eigenvalue weighted by atomic mass is 9.88. The summed E-state index contributed by atoms with van der Waals surface area (Å²) < 4.78 is 5.42. The van der Waals surface area contributed by atoms with Gasteiger partial charge in [-0.15, -0.1) is 0 Å². The molecular formula is C12H26N2O. The summed E-state index contributed by atoms with van der Waals surface area (Å²) in [6.45, 7) is 8.17. The van der Waals surface area contributed by atoms with Gasteiger partial charge in [0.1, 0.15) is 0 Å². The number of nitrogens with two attached hydrogens (primary N) is 1. The maximum atomic E-state index is 5.95. The smallest absolute Gasteiger partial charge is 0.0484 e. The van der Waals surface area contributed by atoms with Crippen LogP contribution in [0.1, 0.15) is 33.1 Å². The number of hydrogen-bond acceptors (Lipinski definition) is 3. The SMILES string of the molecule is CC(C)CCN(C)C1(CN)CCOCC1. The van der Waals surface area contributed by atoms with Gasteiger partial charge in [-0.1, -0.05) is 13.8 Å². The molecule has 15 heavy (non-hydrogen) atoms. The summed E-state index contributed by atoms with van der Waals surface area (Å²) in [5, 5.41) is 0. The zero-order chi connectivity index (χ0) is 11.3. The van der Waals surface area contributed by atoms with Gasteiger partial charge in [0.25, 0.3) is 0 Å². The van der Waals surface area contributed by atoms with Crippen molar-refractivity contribution in [3.05, 3.63) is 0 Å². The summed E-state index contributed by atoms with van der Waals surface area (Å²) in [5.41, 5.74) is 6.15. The average molecular weight is 214 g/mol. The minimum Gasteiger partial charge on any atom is -0.381 e. The van der Waals surface area contributed by atoms with Crippen molar-refractivity contribution in [3.8, 4) is 0 Å². The molecule has 1 aliphatic rings. The Morgan fingerprint density at radius 3 is 2.40 bits per heavy atom. The second-order valence-corrected chi connectivity index (χ2v) is 5.14. The Hall–Kier alpha value is -0.120. The lowest BCUT2D eigenvalue weighted by Gasteiger charge is -2.44. The molecule has 1 heterocycles. The van der Waals surface area contributed by atoms with E-state index in [-0.39, 0.29) is 5.54 Å². The molecule has 3 nitrogen and oxygen atoms in total. The molecule has 0 bridgehead atoms. The molecule has 1 fully saturated rings. The maximum absolute atomic E-state index is 5.95. The third-order valence-corrected chi connectivity index (χ3v) is 3.66. The van der Waals surface area contributed by atoms with Crippen LogP contribution in [0.15, 0.2) is 0 Å². The first kappa shape index (κ1) is 12.9. The van der Waals surface area contributed by atoms with Crippen LogP contribution in [0.3, 0.4) is 0 Å². The van der Waals surface area contributed by atoms with E-state index in [1.54, 1.807) is 0 Å². The van der Waals surface area contributed by atoms with Gasteiger partial charge in [-0.25, -0.2) is 0 Å². The molecule has 0 atom stereocenters. The molecule has 2 N–H and O–H groups in total. The molecule has 0 unspecified atom stereocenters. The van der Waals surface area contributed by atoms with Crippen LogP contribution in [0, 0.1) is 5.92 Å². The average Bonchev–Trinajstić information content (AvgIpc) is 2.26. The van der Waals surface area contributed by atoms with Gasteiger partial charge in [0.05, 0.1) is 0 Å².